The number of carbonyl (C=O) groups excluding carboxylic acids is 2. The number of rotatable bonds is 4. The number of benzene rings is 1. The maximum absolute atomic E-state index is 11.5. The Morgan fingerprint density at radius 3 is 2.71 bits per heavy atom. The molecule has 1 saturated heterocycles. The van der Waals surface area contributed by atoms with Gasteiger partial charge in [-0.2, -0.15) is 0 Å². The minimum Gasteiger partial charge on any atom is -0.467 e. The van der Waals surface area contributed by atoms with Crippen LogP contribution in [0.5, 0.6) is 5.75 Å². The largest absolute Gasteiger partial charge is 0.467 e. The minimum absolute atomic E-state index is 0.0826. The van der Waals surface area contributed by atoms with Crippen LogP contribution in [-0.2, 0) is 9.53 Å². The lowest BCUT2D eigenvalue weighted by atomic mass is 10.1. The van der Waals surface area contributed by atoms with E-state index in [2.05, 4.69) is 10.6 Å². The predicted octanol–water partition coefficient (Wildman–Crippen LogP) is 0.550. The third-order valence-electron chi connectivity index (χ3n) is 2.34. The third-order valence-corrected chi connectivity index (χ3v) is 2.34. The fourth-order valence-electron chi connectivity index (χ4n) is 1.61. The lowest BCUT2D eigenvalue weighted by Crippen LogP contribution is -2.22. The van der Waals surface area contributed by atoms with Crippen LogP contribution < -0.4 is 15.4 Å². The second-order valence-electron chi connectivity index (χ2n) is 3.48. The molecule has 1 atom stereocenters. The van der Waals surface area contributed by atoms with Crippen molar-refractivity contribution < 1.29 is 19.1 Å². The van der Waals surface area contributed by atoms with Gasteiger partial charge in [0, 0.05) is 12.7 Å². The van der Waals surface area contributed by atoms with Gasteiger partial charge < -0.3 is 14.8 Å². The molecule has 6 nitrogen and oxygen atoms in total. The number of nitrogens with one attached hydrogen (secondary N) is 2. The van der Waals surface area contributed by atoms with Crippen molar-refractivity contribution in [3.8, 4) is 5.75 Å². The number of ether oxygens (including phenoxy) is 2. The summed E-state index contributed by atoms with van der Waals surface area (Å²) < 4.78 is 10.1. The van der Waals surface area contributed by atoms with Crippen LogP contribution >= 0.6 is 0 Å². The van der Waals surface area contributed by atoms with Crippen molar-refractivity contribution in [2.45, 2.75) is 6.04 Å². The lowest BCUT2D eigenvalue weighted by Gasteiger charge is -2.13. The van der Waals surface area contributed by atoms with E-state index >= 15 is 0 Å². The molecule has 0 spiro atoms. The summed E-state index contributed by atoms with van der Waals surface area (Å²) in [5, 5.41) is 4.69. The summed E-state index contributed by atoms with van der Waals surface area (Å²) in [7, 11) is 1.51. The molecule has 6 heteroatoms. The SMILES string of the molecule is COCOc1ccccc1C1NC(=O)NC1=O. The summed E-state index contributed by atoms with van der Waals surface area (Å²) in [4.78, 5) is 22.6. The van der Waals surface area contributed by atoms with Gasteiger partial charge in [0.25, 0.3) is 5.91 Å². The first kappa shape index (κ1) is 11.4. The van der Waals surface area contributed by atoms with Crippen molar-refractivity contribution in [2.24, 2.45) is 0 Å². The summed E-state index contributed by atoms with van der Waals surface area (Å²) in [6.45, 7) is 0.0826. The maximum atomic E-state index is 11.5. The number of para-hydroxylation sites is 1. The summed E-state index contributed by atoms with van der Waals surface area (Å²) in [5.41, 5.74) is 0.605. The number of urea groups is 1. The first-order valence-electron chi connectivity index (χ1n) is 5.04. The van der Waals surface area contributed by atoms with Gasteiger partial charge in [-0.3, -0.25) is 10.1 Å². The fraction of sp³-hybridized carbons (Fsp3) is 0.273. The summed E-state index contributed by atoms with van der Waals surface area (Å²) in [6, 6.07) is 5.78. The highest BCUT2D eigenvalue weighted by molar-refractivity contribution is 6.04. The Bertz CT molecular complexity index is 447. The first-order chi connectivity index (χ1) is 8.22. The first-order valence-corrected chi connectivity index (χ1v) is 5.04. The van der Waals surface area contributed by atoms with Crippen molar-refractivity contribution in [3.63, 3.8) is 0 Å². The van der Waals surface area contributed by atoms with Crippen LogP contribution in [-0.4, -0.2) is 25.8 Å². The lowest BCUT2D eigenvalue weighted by molar-refractivity contribution is -0.120. The van der Waals surface area contributed by atoms with E-state index in [9.17, 15) is 9.59 Å². The van der Waals surface area contributed by atoms with Gasteiger partial charge in [0.15, 0.2) is 6.79 Å². The zero-order chi connectivity index (χ0) is 12.3. The Morgan fingerprint density at radius 2 is 2.06 bits per heavy atom. The smallest absolute Gasteiger partial charge is 0.322 e. The molecule has 1 aromatic rings. The van der Waals surface area contributed by atoms with Gasteiger partial charge in [-0.1, -0.05) is 18.2 Å². The van der Waals surface area contributed by atoms with E-state index in [1.807, 2.05) is 0 Å². The normalized spacial score (nSPS) is 18.8. The van der Waals surface area contributed by atoms with Crippen molar-refractivity contribution in [3.05, 3.63) is 29.8 Å². The van der Waals surface area contributed by atoms with Crippen LogP contribution in [0.3, 0.4) is 0 Å². The Kier molecular flexibility index (Phi) is 3.24. The molecule has 0 saturated carbocycles. The van der Waals surface area contributed by atoms with Crippen molar-refractivity contribution in [1.82, 2.24) is 10.6 Å². The third kappa shape index (κ3) is 2.36. The van der Waals surface area contributed by atoms with E-state index in [-0.39, 0.29) is 12.7 Å². The zero-order valence-corrected chi connectivity index (χ0v) is 9.23. The van der Waals surface area contributed by atoms with Crippen molar-refractivity contribution >= 4 is 11.9 Å². The molecule has 1 fully saturated rings. The molecular weight excluding hydrogens is 224 g/mol. The van der Waals surface area contributed by atoms with Crippen LogP contribution in [0.2, 0.25) is 0 Å². The van der Waals surface area contributed by atoms with Gasteiger partial charge in [-0.25, -0.2) is 4.79 Å². The Balaban J connectivity index is 2.25. The molecule has 17 heavy (non-hydrogen) atoms. The Morgan fingerprint density at radius 1 is 1.29 bits per heavy atom. The van der Waals surface area contributed by atoms with Gasteiger partial charge in [-0.15, -0.1) is 0 Å². The molecule has 2 rings (SSSR count). The summed E-state index contributed by atoms with van der Waals surface area (Å²) in [5.74, 6) is 0.125. The molecule has 1 aromatic carbocycles. The molecule has 0 bridgehead atoms. The van der Waals surface area contributed by atoms with Gasteiger partial charge in [0.05, 0.1) is 0 Å². The van der Waals surface area contributed by atoms with E-state index in [1.165, 1.54) is 7.11 Å². The van der Waals surface area contributed by atoms with Crippen LogP contribution in [0.1, 0.15) is 11.6 Å². The summed E-state index contributed by atoms with van der Waals surface area (Å²) in [6.07, 6.45) is 0. The number of carbonyl (C=O) groups is 2. The van der Waals surface area contributed by atoms with Crippen LogP contribution in [0, 0.1) is 0 Å². The molecule has 90 valence electrons. The molecule has 1 aliphatic heterocycles. The number of imide groups is 1. The molecular formula is C11H12N2O4. The highest BCUT2D eigenvalue weighted by atomic mass is 16.7. The number of hydrogen-bond donors (Lipinski definition) is 2. The van der Waals surface area contributed by atoms with Gasteiger partial charge >= 0.3 is 6.03 Å². The highest BCUT2D eigenvalue weighted by Crippen LogP contribution is 2.26. The number of amides is 3. The van der Waals surface area contributed by atoms with Crippen molar-refractivity contribution in [2.75, 3.05) is 13.9 Å². The maximum Gasteiger partial charge on any atom is 0.322 e. The van der Waals surface area contributed by atoms with E-state index in [4.69, 9.17) is 9.47 Å². The minimum atomic E-state index is -0.712. The molecule has 0 aromatic heterocycles. The molecule has 2 N–H and O–H groups in total. The Labute approximate surface area is 97.9 Å². The van der Waals surface area contributed by atoms with E-state index in [1.54, 1.807) is 24.3 Å². The monoisotopic (exact) mass is 236 g/mol. The number of methoxy groups -OCH3 is 1. The van der Waals surface area contributed by atoms with E-state index < -0.39 is 12.1 Å². The van der Waals surface area contributed by atoms with E-state index in [0.717, 1.165) is 0 Å². The molecule has 1 aliphatic rings. The Hall–Kier alpha value is -2.08. The van der Waals surface area contributed by atoms with Crippen LogP contribution in [0.4, 0.5) is 4.79 Å². The second kappa shape index (κ2) is 4.84. The van der Waals surface area contributed by atoms with E-state index in [0.29, 0.717) is 11.3 Å². The topological polar surface area (TPSA) is 76.7 Å². The molecule has 1 unspecified atom stereocenters. The highest BCUT2D eigenvalue weighted by Gasteiger charge is 2.32. The van der Waals surface area contributed by atoms with Gasteiger partial charge in [0.1, 0.15) is 11.8 Å². The van der Waals surface area contributed by atoms with Gasteiger partial charge in [-0.05, 0) is 6.07 Å². The molecule has 0 radical (unpaired) electrons. The predicted molar refractivity (Wildman–Crippen MR) is 58.4 cm³/mol. The van der Waals surface area contributed by atoms with Gasteiger partial charge in [0.2, 0.25) is 0 Å². The van der Waals surface area contributed by atoms with Crippen LogP contribution in [0.15, 0.2) is 24.3 Å². The summed E-state index contributed by atoms with van der Waals surface area (Å²) >= 11 is 0. The fourth-order valence-corrected chi connectivity index (χ4v) is 1.61. The standard InChI is InChI=1S/C11H12N2O4/c1-16-6-17-8-5-3-2-4-7(8)9-10(14)13-11(15)12-9/h2-5,9H,6H2,1H3,(H2,12,13,14,15). The number of hydrogen-bond acceptors (Lipinski definition) is 4. The second-order valence-corrected chi connectivity index (χ2v) is 3.48. The average molecular weight is 236 g/mol. The van der Waals surface area contributed by atoms with Crippen LogP contribution in [0.25, 0.3) is 0 Å². The quantitative estimate of drug-likeness (QED) is 0.591. The van der Waals surface area contributed by atoms with Crippen molar-refractivity contribution in [1.29, 1.82) is 0 Å². The average Bonchev–Trinajstić information content (AvgIpc) is 2.66. The molecule has 3 amide bonds. The molecule has 0 aliphatic carbocycles. The molecule has 1 heterocycles. The zero-order valence-electron chi connectivity index (χ0n) is 9.23.